The minimum absolute atomic E-state index is 0.0667. The Morgan fingerprint density at radius 2 is 1.76 bits per heavy atom. The van der Waals surface area contributed by atoms with Gasteiger partial charge in [0.25, 0.3) is 0 Å². The van der Waals surface area contributed by atoms with Crippen LogP contribution in [-0.4, -0.2) is 34.7 Å². The van der Waals surface area contributed by atoms with E-state index in [1.165, 1.54) is 58.0 Å². The average Bonchev–Trinajstić information content (AvgIpc) is 2.87. The van der Waals surface area contributed by atoms with Gasteiger partial charge in [-0.25, -0.2) is 0 Å². The molecule has 0 amide bonds. The Hall–Kier alpha value is -0.520. The van der Waals surface area contributed by atoms with E-state index in [1.807, 2.05) is 0 Å². The lowest BCUT2D eigenvalue weighted by molar-refractivity contribution is -0.0414. The molecular formula is C15H25NO. The van der Waals surface area contributed by atoms with Crippen LogP contribution < -0.4 is 0 Å². The molecule has 2 fully saturated rings. The Bertz CT molecular complexity index is 269. The van der Waals surface area contributed by atoms with Crippen molar-refractivity contribution in [2.45, 2.75) is 69.4 Å². The second-order valence-corrected chi connectivity index (χ2v) is 5.62. The standard InChI is InChI=1S/C15H25NO/c1-2-3-9-14(17)15(10-5-6-11-15)16-12-7-4-8-13-16/h1,14,17H,3-13H2. The van der Waals surface area contributed by atoms with Gasteiger partial charge >= 0.3 is 0 Å². The van der Waals surface area contributed by atoms with Crippen LogP contribution >= 0.6 is 0 Å². The van der Waals surface area contributed by atoms with Crippen molar-refractivity contribution in [1.29, 1.82) is 0 Å². The minimum atomic E-state index is -0.223. The second kappa shape index (κ2) is 5.89. The third-order valence-corrected chi connectivity index (χ3v) is 4.64. The number of piperidine rings is 1. The fraction of sp³-hybridized carbons (Fsp3) is 0.867. The summed E-state index contributed by atoms with van der Waals surface area (Å²) in [6.07, 6.45) is 15.4. The van der Waals surface area contributed by atoms with Crippen LogP contribution in [0.1, 0.15) is 57.8 Å². The molecule has 17 heavy (non-hydrogen) atoms. The molecule has 1 aliphatic carbocycles. The highest BCUT2D eigenvalue weighted by Gasteiger charge is 2.44. The summed E-state index contributed by atoms with van der Waals surface area (Å²) in [7, 11) is 0. The molecule has 0 aromatic heterocycles. The Morgan fingerprint density at radius 1 is 1.12 bits per heavy atom. The van der Waals surface area contributed by atoms with E-state index in [0.717, 1.165) is 6.42 Å². The number of rotatable bonds is 4. The van der Waals surface area contributed by atoms with Crippen molar-refractivity contribution in [2.24, 2.45) is 0 Å². The smallest absolute Gasteiger partial charge is 0.0732 e. The maximum absolute atomic E-state index is 10.5. The molecule has 0 spiro atoms. The molecular weight excluding hydrogens is 210 g/mol. The van der Waals surface area contributed by atoms with Crippen molar-refractivity contribution in [1.82, 2.24) is 4.90 Å². The molecule has 2 nitrogen and oxygen atoms in total. The van der Waals surface area contributed by atoms with Crippen molar-refractivity contribution < 1.29 is 5.11 Å². The zero-order chi connectivity index (χ0) is 12.1. The number of terminal acetylenes is 1. The van der Waals surface area contributed by atoms with Crippen molar-refractivity contribution in [2.75, 3.05) is 13.1 Å². The van der Waals surface area contributed by atoms with Gasteiger partial charge in [-0.1, -0.05) is 19.3 Å². The molecule has 0 aromatic carbocycles. The predicted molar refractivity (Wildman–Crippen MR) is 70.7 cm³/mol. The zero-order valence-corrected chi connectivity index (χ0v) is 10.8. The third kappa shape index (κ3) is 2.67. The molecule has 1 heterocycles. The van der Waals surface area contributed by atoms with Crippen LogP contribution in [0.15, 0.2) is 0 Å². The highest BCUT2D eigenvalue weighted by Crippen LogP contribution is 2.40. The number of aliphatic hydroxyl groups excluding tert-OH is 1. The quantitative estimate of drug-likeness (QED) is 0.757. The Kier molecular flexibility index (Phi) is 4.48. The van der Waals surface area contributed by atoms with Gasteiger partial charge in [0.05, 0.1) is 6.10 Å². The van der Waals surface area contributed by atoms with Gasteiger partial charge in [-0.15, -0.1) is 12.3 Å². The van der Waals surface area contributed by atoms with Crippen LogP contribution in [-0.2, 0) is 0 Å². The van der Waals surface area contributed by atoms with E-state index in [2.05, 4.69) is 10.8 Å². The molecule has 0 bridgehead atoms. The van der Waals surface area contributed by atoms with Crippen LogP contribution in [0.25, 0.3) is 0 Å². The second-order valence-electron chi connectivity index (χ2n) is 5.62. The van der Waals surface area contributed by atoms with Crippen LogP contribution in [0.2, 0.25) is 0 Å². The number of likely N-dealkylation sites (tertiary alicyclic amines) is 1. The lowest BCUT2D eigenvalue weighted by atomic mass is 9.84. The van der Waals surface area contributed by atoms with Crippen LogP contribution in [0, 0.1) is 12.3 Å². The highest BCUT2D eigenvalue weighted by molar-refractivity contribution is 5.02. The lowest BCUT2D eigenvalue weighted by Crippen LogP contribution is -2.56. The summed E-state index contributed by atoms with van der Waals surface area (Å²) < 4.78 is 0. The van der Waals surface area contributed by atoms with Gasteiger partial charge in [0.2, 0.25) is 0 Å². The maximum atomic E-state index is 10.5. The number of nitrogens with zero attached hydrogens (tertiary/aromatic N) is 1. The molecule has 2 rings (SSSR count). The van der Waals surface area contributed by atoms with Crippen molar-refractivity contribution in [3.05, 3.63) is 0 Å². The number of aliphatic hydroxyl groups is 1. The molecule has 0 radical (unpaired) electrons. The summed E-state index contributed by atoms with van der Waals surface area (Å²) in [4.78, 5) is 2.57. The Morgan fingerprint density at radius 3 is 2.35 bits per heavy atom. The molecule has 1 unspecified atom stereocenters. The Balaban J connectivity index is 2.05. The van der Waals surface area contributed by atoms with E-state index >= 15 is 0 Å². The molecule has 1 saturated carbocycles. The van der Waals surface area contributed by atoms with Gasteiger partial charge in [0.15, 0.2) is 0 Å². The van der Waals surface area contributed by atoms with Crippen LogP contribution in [0.4, 0.5) is 0 Å². The van der Waals surface area contributed by atoms with E-state index in [1.54, 1.807) is 0 Å². The number of hydrogen-bond donors (Lipinski definition) is 1. The van der Waals surface area contributed by atoms with E-state index in [9.17, 15) is 5.11 Å². The van der Waals surface area contributed by atoms with Gasteiger partial charge in [0, 0.05) is 12.0 Å². The predicted octanol–water partition coefficient (Wildman–Crippen LogP) is 2.56. The van der Waals surface area contributed by atoms with Gasteiger partial charge in [-0.05, 0) is 45.2 Å². The molecule has 2 heteroatoms. The van der Waals surface area contributed by atoms with Gasteiger partial charge in [-0.3, -0.25) is 4.90 Å². The lowest BCUT2D eigenvalue weighted by Gasteiger charge is -2.46. The zero-order valence-electron chi connectivity index (χ0n) is 10.8. The summed E-state index contributed by atoms with van der Waals surface area (Å²) in [5, 5.41) is 10.5. The van der Waals surface area contributed by atoms with Crippen molar-refractivity contribution in [3.8, 4) is 12.3 Å². The van der Waals surface area contributed by atoms with Crippen molar-refractivity contribution >= 4 is 0 Å². The van der Waals surface area contributed by atoms with Crippen LogP contribution in [0.5, 0.6) is 0 Å². The molecule has 1 atom stereocenters. The maximum Gasteiger partial charge on any atom is 0.0732 e. The van der Waals surface area contributed by atoms with Gasteiger partial charge in [-0.2, -0.15) is 0 Å². The molecule has 1 aliphatic heterocycles. The first-order chi connectivity index (χ1) is 8.29. The van der Waals surface area contributed by atoms with Gasteiger partial charge in [0.1, 0.15) is 0 Å². The summed E-state index contributed by atoms with van der Waals surface area (Å²) in [5.41, 5.74) is 0.0667. The fourth-order valence-electron chi connectivity index (χ4n) is 3.68. The first kappa shape index (κ1) is 12.9. The minimum Gasteiger partial charge on any atom is -0.391 e. The summed E-state index contributed by atoms with van der Waals surface area (Å²) in [6.45, 7) is 2.35. The largest absolute Gasteiger partial charge is 0.391 e. The summed E-state index contributed by atoms with van der Waals surface area (Å²) >= 11 is 0. The average molecular weight is 235 g/mol. The molecule has 1 saturated heterocycles. The first-order valence-electron chi connectivity index (χ1n) is 7.16. The molecule has 1 N–H and O–H groups in total. The highest BCUT2D eigenvalue weighted by atomic mass is 16.3. The number of hydrogen-bond acceptors (Lipinski definition) is 2. The topological polar surface area (TPSA) is 23.5 Å². The van der Waals surface area contributed by atoms with E-state index in [-0.39, 0.29) is 11.6 Å². The van der Waals surface area contributed by atoms with Crippen LogP contribution in [0.3, 0.4) is 0 Å². The van der Waals surface area contributed by atoms with E-state index in [4.69, 9.17) is 6.42 Å². The van der Waals surface area contributed by atoms with Gasteiger partial charge < -0.3 is 5.11 Å². The SMILES string of the molecule is C#CCCC(O)C1(N2CCCCC2)CCCC1. The first-order valence-corrected chi connectivity index (χ1v) is 7.16. The van der Waals surface area contributed by atoms with E-state index < -0.39 is 0 Å². The van der Waals surface area contributed by atoms with Crippen molar-refractivity contribution in [3.63, 3.8) is 0 Å². The normalized spacial score (nSPS) is 26.6. The molecule has 2 aliphatic rings. The molecule has 96 valence electrons. The third-order valence-electron chi connectivity index (χ3n) is 4.64. The monoisotopic (exact) mass is 235 g/mol. The summed E-state index contributed by atoms with van der Waals surface area (Å²) in [6, 6.07) is 0. The van der Waals surface area contributed by atoms with E-state index in [0.29, 0.717) is 6.42 Å². The molecule has 0 aromatic rings. The Labute approximate surface area is 105 Å². The summed E-state index contributed by atoms with van der Waals surface area (Å²) in [5.74, 6) is 2.66. The fourth-order valence-corrected chi connectivity index (χ4v) is 3.68.